The van der Waals surface area contributed by atoms with Crippen LogP contribution in [0.15, 0.2) is 44.8 Å². The molecule has 0 bridgehead atoms. The van der Waals surface area contributed by atoms with Crippen LogP contribution in [-0.4, -0.2) is 20.1 Å². The smallest absolute Gasteiger partial charge is 0.250 e. The fourth-order valence-electron chi connectivity index (χ4n) is 1.91. The minimum atomic E-state index is -3.47. The zero-order valence-corrected chi connectivity index (χ0v) is 13.3. The van der Waals surface area contributed by atoms with Crippen molar-refractivity contribution in [2.45, 2.75) is 15.6 Å². The summed E-state index contributed by atoms with van der Waals surface area (Å²) in [4.78, 5) is 12.4. The number of hydrogen-bond acceptors (Lipinski definition) is 5. The Kier molecular flexibility index (Phi) is 4.03. The van der Waals surface area contributed by atoms with Crippen LogP contribution in [0.3, 0.4) is 0 Å². The number of thiophene rings is 1. The van der Waals surface area contributed by atoms with Gasteiger partial charge < -0.3 is 5.32 Å². The molecule has 0 spiro atoms. The van der Waals surface area contributed by atoms with Crippen molar-refractivity contribution >= 4 is 44.7 Å². The second-order valence-electron chi connectivity index (χ2n) is 4.42. The Bertz CT molecular complexity index is 770. The third-order valence-corrected chi connectivity index (χ3v) is 6.78. The SMILES string of the molecule is O=C1CSc2ccc(CNS(=O)(=O)c3cccs3)cc2N1. The Hall–Kier alpha value is -1.35. The zero-order valence-electron chi connectivity index (χ0n) is 10.8. The molecule has 3 rings (SSSR count). The molecule has 0 radical (unpaired) electrons. The maximum Gasteiger partial charge on any atom is 0.250 e. The Morgan fingerprint density at radius 2 is 2.14 bits per heavy atom. The number of sulfonamides is 1. The highest BCUT2D eigenvalue weighted by atomic mass is 32.2. The maximum absolute atomic E-state index is 12.0. The van der Waals surface area contributed by atoms with E-state index in [1.54, 1.807) is 23.6 Å². The monoisotopic (exact) mass is 340 g/mol. The molecule has 2 N–H and O–H groups in total. The maximum atomic E-state index is 12.0. The van der Waals surface area contributed by atoms with Crippen LogP contribution in [0.4, 0.5) is 5.69 Å². The van der Waals surface area contributed by atoms with Crippen LogP contribution >= 0.6 is 23.1 Å². The van der Waals surface area contributed by atoms with Crippen molar-refractivity contribution in [1.29, 1.82) is 0 Å². The molecule has 0 atom stereocenters. The van der Waals surface area contributed by atoms with Crippen LogP contribution in [-0.2, 0) is 21.4 Å². The molecule has 2 heterocycles. The van der Waals surface area contributed by atoms with Gasteiger partial charge in [-0.3, -0.25) is 4.79 Å². The van der Waals surface area contributed by atoms with Crippen LogP contribution in [0.2, 0.25) is 0 Å². The van der Waals surface area contributed by atoms with Crippen molar-refractivity contribution in [2.75, 3.05) is 11.1 Å². The molecule has 0 saturated heterocycles. The summed E-state index contributed by atoms with van der Waals surface area (Å²) in [5, 5.41) is 4.51. The van der Waals surface area contributed by atoms with E-state index in [1.807, 2.05) is 12.1 Å². The summed E-state index contributed by atoms with van der Waals surface area (Å²) >= 11 is 2.66. The number of amides is 1. The lowest BCUT2D eigenvalue weighted by Crippen LogP contribution is -2.23. The number of fused-ring (bicyclic) bond motifs is 1. The molecule has 8 heteroatoms. The molecule has 1 aromatic carbocycles. The second kappa shape index (κ2) is 5.80. The first-order valence-electron chi connectivity index (χ1n) is 6.13. The fraction of sp³-hybridized carbons (Fsp3) is 0.154. The van der Waals surface area contributed by atoms with E-state index in [0.717, 1.165) is 16.1 Å². The highest BCUT2D eigenvalue weighted by molar-refractivity contribution is 8.00. The van der Waals surface area contributed by atoms with Crippen LogP contribution in [0, 0.1) is 0 Å². The standard InChI is InChI=1S/C13H12N2O3S3/c16-12-8-20-11-4-3-9(6-10(11)15-12)7-14-21(17,18)13-2-1-5-19-13/h1-6,14H,7-8H2,(H,15,16). The van der Waals surface area contributed by atoms with Gasteiger partial charge in [0, 0.05) is 11.4 Å². The average molecular weight is 340 g/mol. The number of benzene rings is 1. The Labute approximate surface area is 130 Å². The van der Waals surface area contributed by atoms with Gasteiger partial charge in [0.15, 0.2) is 0 Å². The van der Waals surface area contributed by atoms with E-state index in [1.165, 1.54) is 23.1 Å². The predicted molar refractivity (Wildman–Crippen MR) is 84.1 cm³/mol. The Morgan fingerprint density at radius 1 is 1.29 bits per heavy atom. The van der Waals surface area contributed by atoms with Crippen LogP contribution in [0.25, 0.3) is 0 Å². The quantitative estimate of drug-likeness (QED) is 0.895. The number of nitrogens with one attached hydrogen (secondary N) is 2. The van der Waals surface area contributed by atoms with Crippen molar-refractivity contribution in [3.63, 3.8) is 0 Å². The van der Waals surface area contributed by atoms with Gasteiger partial charge in [-0.15, -0.1) is 23.1 Å². The number of anilines is 1. The summed E-state index contributed by atoms with van der Waals surface area (Å²) in [5.74, 6) is 0.376. The lowest BCUT2D eigenvalue weighted by molar-refractivity contribution is -0.113. The van der Waals surface area contributed by atoms with Gasteiger partial charge in [-0.05, 0) is 29.1 Å². The minimum absolute atomic E-state index is 0.0381. The number of hydrogen-bond donors (Lipinski definition) is 2. The van der Waals surface area contributed by atoms with Crippen LogP contribution in [0.5, 0.6) is 0 Å². The normalized spacial score (nSPS) is 14.6. The Morgan fingerprint density at radius 3 is 2.90 bits per heavy atom. The van der Waals surface area contributed by atoms with Gasteiger partial charge >= 0.3 is 0 Å². The Balaban J connectivity index is 1.74. The molecule has 21 heavy (non-hydrogen) atoms. The molecule has 1 aliphatic heterocycles. The largest absolute Gasteiger partial charge is 0.324 e. The summed E-state index contributed by atoms with van der Waals surface area (Å²) in [6.07, 6.45) is 0. The second-order valence-corrected chi connectivity index (χ2v) is 8.38. The molecule has 0 unspecified atom stereocenters. The van der Waals surface area contributed by atoms with E-state index >= 15 is 0 Å². The van der Waals surface area contributed by atoms with Gasteiger partial charge in [0.1, 0.15) is 4.21 Å². The molecule has 110 valence electrons. The molecule has 1 aromatic heterocycles. The molecule has 0 saturated carbocycles. The van der Waals surface area contributed by atoms with Crippen LogP contribution < -0.4 is 10.0 Å². The molecule has 0 aliphatic carbocycles. The van der Waals surface area contributed by atoms with Gasteiger partial charge in [-0.1, -0.05) is 12.1 Å². The lowest BCUT2D eigenvalue weighted by atomic mass is 10.2. The van der Waals surface area contributed by atoms with Gasteiger partial charge in [-0.2, -0.15) is 0 Å². The summed E-state index contributed by atoms with van der Waals surface area (Å²) in [5.41, 5.74) is 1.54. The fourth-order valence-corrected chi connectivity index (χ4v) is 4.75. The zero-order chi connectivity index (χ0) is 14.9. The topological polar surface area (TPSA) is 75.3 Å². The van der Waals surface area contributed by atoms with E-state index in [0.29, 0.717) is 9.96 Å². The summed E-state index contributed by atoms with van der Waals surface area (Å²) in [6.45, 7) is 0.189. The van der Waals surface area contributed by atoms with Gasteiger partial charge in [-0.25, -0.2) is 13.1 Å². The first-order valence-corrected chi connectivity index (χ1v) is 9.48. The number of rotatable bonds is 4. The molecule has 5 nitrogen and oxygen atoms in total. The van der Waals surface area contributed by atoms with Crippen LogP contribution in [0.1, 0.15) is 5.56 Å². The third kappa shape index (κ3) is 3.29. The molecule has 1 amide bonds. The number of carbonyl (C=O) groups excluding carboxylic acids is 1. The molecular formula is C13H12N2O3S3. The third-order valence-electron chi connectivity index (χ3n) is 2.90. The van der Waals surface area contributed by atoms with E-state index in [9.17, 15) is 13.2 Å². The molecular weight excluding hydrogens is 328 g/mol. The summed E-state index contributed by atoms with van der Waals surface area (Å²) in [7, 11) is -3.47. The summed E-state index contributed by atoms with van der Waals surface area (Å²) < 4.78 is 26.9. The molecule has 0 fully saturated rings. The van der Waals surface area contributed by atoms with E-state index in [-0.39, 0.29) is 12.5 Å². The lowest BCUT2D eigenvalue weighted by Gasteiger charge is -2.17. The van der Waals surface area contributed by atoms with Crippen molar-refractivity contribution in [2.24, 2.45) is 0 Å². The first-order chi connectivity index (χ1) is 10.0. The van der Waals surface area contributed by atoms with Crippen molar-refractivity contribution < 1.29 is 13.2 Å². The van der Waals surface area contributed by atoms with Crippen molar-refractivity contribution in [3.8, 4) is 0 Å². The number of thioether (sulfide) groups is 1. The van der Waals surface area contributed by atoms with E-state index in [2.05, 4.69) is 10.0 Å². The highest BCUT2D eigenvalue weighted by Gasteiger charge is 2.17. The average Bonchev–Trinajstić information content (AvgIpc) is 3.00. The van der Waals surface area contributed by atoms with Gasteiger partial charge in [0.05, 0.1) is 11.4 Å². The minimum Gasteiger partial charge on any atom is -0.324 e. The highest BCUT2D eigenvalue weighted by Crippen LogP contribution is 2.32. The molecule has 1 aliphatic rings. The van der Waals surface area contributed by atoms with E-state index < -0.39 is 10.0 Å². The van der Waals surface area contributed by atoms with Gasteiger partial charge in [0.25, 0.3) is 0 Å². The first kappa shape index (κ1) is 14.6. The van der Waals surface area contributed by atoms with E-state index in [4.69, 9.17) is 0 Å². The predicted octanol–water partition coefficient (Wildman–Crippen LogP) is 2.27. The van der Waals surface area contributed by atoms with Gasteiger partial charge in [0.2, 0.25) is 15.9 Å². The summed E-state index contributed by atoms with van der Waals surface area (Å²) in [6, 6.07) is 8.83. The van der Waals surface area contributed by atoms with Crippen molar-refractivity contribution in [3.05, 3.63) is 41.3 Å². The number of carbonyl (C=O) groups is 1. The van der Waals surface area contributed by atoms with Crippen molar-refractivity contribution in [1.82, 2.24) is 4.72 Å². The molecule has 2 aromatic rings.